The number of hydrogen-bond acceptors (Lipinski definition) is 19. The number of carbonyl (C=O) groups is 7. The fraction of sp³-hybridized carbons (Fsp3) is 0.478. The van der Waals surface area contributed by atoms with Gasteiger partial charge in [0.15, 0.2) is 11.6 Å². The molecule has 13 atom stereocenters. The Labute approximate surface area is 849 Å². The Bertz CT molecular complexity index is 6280. The summed E-state index contributed by atoms with van der Waals surface area (Å²) in [5.74, 6) is 2.28. The summed E-state index contributed by atoms with van der Waals surface area (Å²) < 4.78 is 4.13. The smallest absolute Gasteiger partial charge is 0.369 e. The number of halogens is 3. The lowest BCUT2D eigenvalue weighted by Gasteiger charge is -2.64. The van der Waals surface area contributed by atoms with E-state index < -0.39 is 44.6 Å². The first-order valence-corrected chi connectivity index (χ1v) is 53.5. The van der Waals surface area contributed by atoms with Crippen LogP contribution in [-0.2, 0) is 96.9 Å². The number of Topliss-reactive ketones (excluding diaryl/α,β-unsaturated/α-hetero) is 3. The Balaban J connectivity index is 0.000000114. The van der Waals surface area contributed by atoms with Gasteiger partial charge in [-0.25, -0.2) is 6.57 Å². The minimum absolute atomic E-state index is 0.00780. The molecule has 8 bridgehead atoms. The van der Waals surface area contributed by atoms with E-state index in [2.05, 4.69) is 162 Å². The number of aromatic amines is 2. The van der Waals surface area contributed by atoms with Gasteiger partial charge in [0.05, 0.1) is 46.6 Å². The number of methoxy groups -OCH3 is 1. The average molecular weight is 2100 g/mol. The number of benzene rings is 7. The van der Waals surface area contributed by atoms with Crippen molar-refractivity contribution >= 4 is 92.1 Å². The summed E-state index contributed by atoms with van der Waals surface area (Å²) in [7, 11) is 1.31. The molecular formula is C115H127BBr3N7O15. The lowest BCUT2D eigenvalue weighted by Crippen LogP contribution is -2.74. The van der Waals surface area contributed by atoms with Gasteiger partial charge in [-0.15, -0.1) is 47.3 Å². The minimum atomic E-state index is -1.06. The highest BCUT2D eigenvalue weighted by molar-refractivity contribution is 9.69. The molecule has 9 aromatic rings. The van der Waals surface area contributed by atoms with Crippen molar-refractivity contribution in [1.82, 2.24) is 29.6 Å². The number of piperidine rings is 4. The molecule has 22 nitrogen and oxygen atoms in total. The number of carbonyl (C=O) groups excluding carboxylic acids is 7. The van der Waals surface area contributed by atoms with Crippen molar-refractivity contribution in [3.63, 3.8) is 0 Å². The van der Waals surface area contributed by atoms with Crippen molar-refractivity contribution < 1.29 is 63.8 Å². The highest BCUT2D eigenvalue weighted by Crippen LogP contribution is 2.64. The predicted molar refractivity (Wildman–Crippen MR) is 553 cm³/mol. The van der Waals surface area contributed by atoms with Gasteiger partial charge in [-0.3, -0.25) is 58.0 Å². The topological polar surface area (TPSA) is 313 Å². The second kappa shape index (κ2) is 40.1. The van der Waals surface area contributed by atoms with E-state index in [4.69, 9.17) is 11.4 Å². The first-order valence-electron chi connectivity index (χ1n) is 50.7. The quantitative estimate of drug-likeness (QED) is 0.0155. The van der Waals surface area contributed by atoms with Crippen LogP contribution in [0.2, 0.25) is 0 Å². The Kier molecular flexibility index (Phi) is 28.5. The number of phenols is 1. The van der Waals surface area contributed by atoms with Crippen LogP contribution in [-0.4, -0.2) is 213 Å². The molecule has 4 aliphatic heterocycles. The van der Waals surface area contributed by atoms with Crippen LogP contribution < -0.4 is 11.1 Å². The van der Waals surface area contributed by atoms with Crippen molar-refractivity contribution in [2.75, 3.05) is 66.0 Å². The largest absolute Gasteiger partial charge is 0.508 e. The SMILES string of the molecule is BrB(Br)Br.COC=O.Cc1ccc2c(c1)[C@]13CCN(CC4CC4)[C@H](C2)[C@]1(O)CC(C=O)C(=O)C3.Cc1ccc2c(c1)[C@]13CCN(CC4CC4)[C@H](C2)[C@]1(O)CCC(=O)C3.Cc1ccc2c(c1)[C@]13CCN(CC4CC4)[C@H](C2)[C@]1(O)Cc1cc(C(=O)c2ccccc2)c(=O)[nH]c1C3.O=C(c1ccccc1)c1cc2c([nH]c1=O)C[C@]13CCN(CC4CC4)[C@H](Cc4ccc(O)cc41)[C@]3(O)C2.[C-]#[N+]CC(=O)c1ccccc1. The molecule has 0 radical (unpaired) electrons. The Hall–Kier alpha value is -9.60. The molecule has 141 heavy (non-hydrogen) atoms. The summed E-state index contributed by atoms with van der Waals surface area (Å²) in [4.78, 5) is 128. The molecule has 12 aliphatic carbocycles. The number of aromatic nitrogens is 2. The second-order valence-corrected chi connectivity index (χ2v) is 50.0. The van der Waals surface area contributed by atoms with Gasteiger partial charge < -0.3 is 49.9 Å². The number of hydrogen-bond donors (Lipinski definition) is 7. The zero-order valence-electron chi connectivity index (χ0n) is 80.9. The van der Waals surface area contributed by atoms with E-state index in [-0.39, 0.29) is 96.9 Å². The molecule has 25 rings (SSSR count). The van der Waals surface area contributed by atoms with Crippen LogP contribution in [0.1, 0.15) is 235 Å². The summed E-state index contributed by atoms with van der Waals surface area (Å²) >= 11 is 9.31. The van der Waals surface area contributed by atoms with Crippen molar-refractivity contribution in [3.05, 3.63) is 320 Å². The zero-order chi connectivity index (χ0) is 99.0. The standard InChI is InChI=1S/C31H32N2O3.C30H30N2O4.C22H27NO3.C21H27NO2.C9H7NO.C2H4O2.BBr3/c1-19-7-10-22-15-27-31(36)16-23-14-24(28(34)21-5-3-2-4-6-21)29(35)32-26(23)17-30(31,25(22)13-19)11-12-33(27)18-20-8-9-20;33-22-9-8-20-13-26-30(36)15-21-12-23(27(34)19-4-2-1-3-5-19)28(35)31-25(21)16-29(30,24(20)14-22)10-11-32(26)17-18-6-7-18;1-14-2-5-16-9-20-22(26)10-17(13-24)19(25)11-21(22,18(16)8-14)6-7-23(20)12-15-3-4-15;1-14-2-5-16-11-19-21(24)7-6-17(23)12-20(21,18(16)10-14)8-9-22(19)13-15-3-4-15;1-10-7-9(11)8-5-3-2-4-6-8;1-4-2-3;2-1(3)4/h2-7,10,13-14,20,27,36H,8-9,11-12,15-18H2,1H3,(H,32,35);1-5,8-9,12,14,18,26,33,36H,6-7,10-11,13,15-17H2,(H,31,35);2,5,8,13,15,17,20,26H,3-4,6-7,9-12H2,1H3;2,5,10,15,19,24H,3-4,6-9,11-13H2,1H3;2-6H,7H2;2H,1H3;/t27-,30-,31-;26-,29-,30-;17?,20-,21-,22-;19-,20-,21-;;;/m1111.../s1. The monoisotopic (exact) mass is 2090 g/mol. The molecule has 1 unspecified atom stereocenters. The first kappa shape index (κ1) is 100. The number of aliphatic hydroxyl groups is 4. The summed E-state index contributed by atoms with van der Waals surface area (Å²) in [5, 5.41) is 59.8. The molecule has 0 amide bonds. The Morgan fingerprint density at radius 3 is 1.15 bits per heavy atom. The van der Waals surface area contributed by atoms with Crippen molar-refractivity contribution in [1.29, 1.82) is 0 Å². The summed E-state index contributed by atoms with van der Waals surface area (Å²) in [6.07, 6.45) is 22.0. The number of likely N-dealkylation sites (tertiary alicyclic amines) is 4. The third-order valence-electron chi connectivity index (χ3n) is 35.1. The molecule has 26 heteroatoms. The number of nitrogens with zero attached hydrogens (tertiary/aromatic N) is 5. The number of ether oxygens (including phenoxy) is 1. The van der Waals surface area contributed by atoms with Crippen LogP contribution in [0.5, 0.6) is 5.75 Å². The van der Waals surface area contributed by atoms with E-state index >= 15 is 0 Å². The third-order valence-corrected chi connectivity index (χ3v) is 35.1. The maximum atomic E-state index is 13.2. The van der Waals surface area contributed by atoms with E-state index in [0.29, 0.717) is 86.2 Å². The summed E-state index contributed by atoms with van der Waals surface area (Å²) in [5.41, 5.74) is 12.4. The fourth-order valence-electron chi connectivity index (χ4n) is 27.4. The number of nitrogens with one attached hydrogen (secondary N) is 2. The van der Waals surface area contributed by atoms with Gasteiger partial charge in [0.2, 0.25) is 5.78 Å². The van der Waals surface area contributed by atoms with E-state index in [9.17, 15) is 63.9 Å². The van der Waals surface area contributed by atoms with E-state index in [1.54, 1.807) is 78.9 Å². The molecule has 6 saturated carbocycles. The minimum Gasteiger partial charge on any atom is -0.508 e. The molecule has 7 N–H and O–H groups in total. The molecule has 6 heterocycles. The van der Waals surface area contributed by atoms with Crippen LogP contribution in [0.15, 0.2) is 186 Å². The predicted octanol–water partition coefficient (Wildman–Crippen LogP) is 15.5. The number of fused-ring (bicyclic) bond motifs is 6. The Morgan fingerprint density at radius 1 is 0.447 bits per heavy atom. The summed E-state index contributed by atoms with van der Waals surface area (Å²) in [6, 6.07) is 55.8. The lowest BCUT2D eigenvalue weighted by atomic mass is 9.48. The molecule has 736 valence electrons. The number of aryl methyl sites for hydroxylation is 3. The number of ketones is 5. The molecule has 7 aromatic carbocycles. The normalized spacial score (nSPS) is 29.4. The maximum Gasteiger partial charge on any atom is 0.369 e. The van der Waals surface area contributed by atoms with Crippen LogP contribution in [0.4, 0.5) is 0 Å². The molecular weight excluding hydrogens is 1970 g/mol. The molecule has 2 aromatic heterocycles. The number of rotatable bonds is 16. The van der Waals surface area contributed by atoms with Crippen LogP contribution in [0.3, 0.4) is 0 Å². The van der Waals surface area contributed by atoms with Gasteiger partial charge in [0, 0.05) is 145 Å². The number of phenolic OH excluding ortho intramolecular Hbond substituents is 1. The van der Waals surface area contributed by atoms with Gasteiger partial charge >= 0.3 is 3.18 Å². The Morgan fingerprint density at radius 2 is 0.787 bits per heavy atom. The summed E-state index contributed by atoms with van der Waals surface area (Å²) in [6.45, 7) is 21.2. The number of aldehydes is 1. The van der Waals surface area contributed by atoms with Crippen LogP contribution in [0.25, 0.3) is 4.85 Å². The second-order valence-electron chi connectivity index (χ2n) is 43.6. The van der Waals surface area contributed by atoms with Gasteiger partial charge in [-0.2, -0.15) is 0 Å². The maximum absolute atomic E-state index is 13.2. The zero-order valence-corrected chi connectivity index (χ0v) is 85.7. The third kappa shape index (κ3) is 18.9. The van der Waals surface area contributed by atoms with Gasteiger partial charge in [0.25, 0.3) is 24.1 Å². The lowest BCUT2D eigenvalue weighted by molar-refractivity contribution is -0.181. The van der Waals surface area contributed by atoms with E-state index in [1.165, 1.54) is 114 Å². The van der Waals surface area contributed by atoms with Gasteiger partial charge in [-0.05, 0) is 266 Å². The number of H-pyrrole nitrogens is 2. The highest BCUT2D eigenvalue weighted by atomic mass is 79.9. The van der Waals surface area contributed by atoms with Crippen LogP contribution >= 0.6 is 47.3 Å². The number of pyridine rings is 2. The van der Waals surface area contributed by atoms with Crippen molar-refractivity contribution in [3.8, 4) is 5.75 Å². The first-order chi connectivity index (χ1) is 67.7. The van der Waals surface area contributed by atoms with E-state index in [1.807, 2.05) is 42.5 Å². The molecule has 16 aliphatic rings. The van der Waals surface area contributed by atoms with Crippen molar-refractivity contribution in [2.24, 2.45) is 29.6 Å². The average Bonchev–Trinajstić information content (AvgIpc) is 1.69. The van der Waals surface area contributed by atoms with Gasteiger partial charge in [0.1, 0.15) is 23.6 Å². The van der Waals surface area contributed by atoms with Crippen LogP contribution in [0, 0.1) is 56.9 Å². The van der Waals surface area contributed by atoms with Gasteiger partial charge in [-0.1, -0.05) is 168 Å². The van der Waals surface area contributed by atoms with E-state index in [0.717, 1.165) is 156 Å². The molecule has 0 spiro atoms. The van der Waals surface area contributed by atoms with Crippen molar-refractivity contribution in [2.45, 2.75) is 250 Å². The number of aromatic hydroxyl groups is 1. The highest BCUT2D eigenvalue weighted by Gasteiger charge is 2.70. The molecule has 10 fully saturated rings. The molecule has 4 saturated heterocycles. The fourth-order valence-corrected chi connectivity index (χ4v) is 27.4.